The molecule has 2 N–H and O–H groups in total. The highest BCUT2D eigenvalue weighted by atomic mass is 16.2. The van der Waals surface area contributed by atoms with Crippen molar-refractivity contribution in [2.75, 3.05) is 11.9 Å². The Hall–Kier alpha value is -2.23. The molecule has 100 valence electrons. The minimum absolute atomic E-state index is 0.0464. The highest BCUT2D eigenvalue weighted by Gasteiger charge is 2.11. The highest BCUT2D eigenvalue weighted by molar-refractivity contribution is 5.92. The number of carbonyl (C=O) groups is 1. The SMILES string of the molecule is C[C@H](CNc1ccccc1)NC(=O)c1cccn1C. The van der Waals surface area contributed by atoms with Gasteiger partial charge in [-0.2, -0.15) is 0 Å². The van der Waals surface area contributed by atoms with Crippen molar-refractivity contribution < 1.29 is 4.79 Å². The molecule has 4 nitrogen and oxygen atoms in total. The summed E-state index contributed by atoms with van der Waals surface area (Å²) in [4.78, 5) is 12.0. The summed E-state index contributed by atoms with van der Waals surface area (Å²) in [6.45, 7) is 2.68. The van der Waals surface area contributed by atoms with Crippen LogP contribution in [0.15, 0.2) is 48.7 Å². The first-order valence-corrected chi connectivity index (χ1v) is 6.38. The minimum atomic E-state index is -0.0464. The number of benzene rings is 1. The molecule has 0 spiro atoms. The first kappa shape index (κ1) is 13.2. The zero-order valence-electron chi connectivity index (χ0n) is 11.3. The van der Waals surface area contributed by atoms with Gasteiger partial charge >= 0.3 is 0 Å². The van der Waals surface area contributed by atoms with Crippen LogP contribution in [0.3, 0.4) is 0 Å². The van der Waals surface area contributed by atoms with Crippen molar-refractivity contribution in [3.63, 3.8) is 0 Å². The van der Waals surface area contributed by atoms with Crippen LogP contribution in [0.25, 0.3) is 0 Å². The molecule has 0 aliphatic carbocycles. The number of nitrogens with zero attached hydrogens (tertiary/aromatic N) is 1. The Morgan fingerprint density at radius 3 is 2.58 bits per heavy atom. The lowest BCUT2D eigenvalue weighted by molar-refractivity contribution is 0.0934. The fourth-order valence-electron chi connectivity index (χ4n) is 1.87. The smallest absolute Gasteiger partial charge is 0.268 e. The third kappa shape index (κ3) is 3.61. The molecule has 1 aromatic heterocycles. The summed E-state index contributed by atoms with van der Waals surface area (Å²) in [6.07, 6.45) is 1.86. The molecule has 1 aromatic carbocycles. The van der Waals surface area contributed by atoms with E-state index in [4.69, 9.17) is 0 Å². The van der Waals surface area contributed by atoms with Gasteiger partial charge in [-0.05, 0) is 31.2 Å². The van der Waals surface area contributed by atoms with Crippen LogP contribution in [-0.2, 0) is 7.05 Å². The number of nitrogens with one attached hydrogen (secondary N) is 2. The van der Waals surface area contributed by atoms with E-state index in [2.05, 4.69) is 10.6 Å². The zero-order valence-corrected chi connectivity index (χ0v) is 11.3. The summed E-state index contributed by atoms with van der Waals surface area (Å²) in [5.74, 6) is -0.0464. The van der Waals surface area contributed by atoms with Crippen molar-refractivity contribution in [1.82, 2.24) is 9.88 Å². The van der Waals surface area contributed by atoms with Gasteiger partial charge < -0.3 is 15.2 Å². The highest BCUT2D eigenvalue weighted by Crippen LogP contribution is 2.05. The molecule has 1 heterocycles. The lowest BCUT2D eigenvalue weighted by Gasteiger charge is -2.15. The van der Waals surface area contributed by atoms with Crippen molar-refractivity contribution >= 4 is 11.6 Å². The number of rotatable bonds is 5. The molecular weight excluding hydrogens is 238 g/mol. The number of carbonyl (C=O) groups excluding carboxylic acids is 1. The average Bonchev–Trinajstić information content (AvgIpc) is 2.84. The number of aromatic nitrogens is 1. The van der Waals surface area contributed by atoms with Gasteiger partial charge in [0.2, 0.25) is 0 Å². The normalized spacial score (nSPS) is 11.9. The molecule has 2 rings (SSSR count). The molecule has 0 saturated heterocycles. The van der Waals surface area contributed by atoms with Crippen molar-refractivity contribution in [1.29, 1.82) is 0 Å². The predicted molar refractivity (Wildman–Crippen MR) is 77.3 cm³/mol. The Balaban J connectivity index is 1.83. The van der Waals surface area contributed by atoms with E-state index in [-0.39, 0.29) is 11.9 Å². The largest absolute Gasteiger partial charge is 0.383 e. The van der Waals surface area contributed by atoms with Gasteiger partial charge in [-0.15, -0.1) is 0 Å². The van der Waals surface area contributed by atoms with E-state index in [0.29, 0.717) is 12.2 Å². The molecule has 0 fully saturated rings. The zero-order chi connectivity index (χ0) is 13.7. The molecule has 0 saturated carbocycles. The number of aryl methyl sites for hydroxylation is 1. The van der Waals surface area contributed by atoms with Crippen molar-refractivity contribution in [3.8, 4) is 0 Å². The monoisotopic (exact) mass is 257 g/mol. The molecule has 1 amide bonds. The maximum Gasteiger partial charge on any atom is 0.268 e. The van der Waals surface area contributed by atoms with Crippen LogP contribution >= 0.6 is 0 Å². The van der Waals surface area contributed by atoms with Crippen LogP contribution in [-0.4, -0.2) is 23.1 Å². The van der Waals surface area contributed by atoms with E-state index in [1.54, 1.807) is 0 Å². The molecule has 4 heteroatoms. The van der Waals surface area contributed by atoms with Gasteiger partial charge in [0, 0.05) is 31.5 Å². The first-order valence-electron chi connectivity index (χ1n) is 6.38. The van der Waals surface area contributed by atoms with Gasteiger partial charge in [-0.3, -0.25) is 4.79 Å². The van der Waals surface area contributed by atoms with Gasteiger partial charge in [-0.25, -0.2) is 0 Å². The number of para-hydroxylation sites is 1. The lowest BCUT2D eigenvalue weighted by atomic mass is 10.2. The number of anilines is 1. The van der Waals surface area contributed by atoms with Gasteiger partial charge in [0.25, 0.3) is 5.91 Å². The van der Waals surface area contributed by atoms with E-state index in [9.17, 15) is 4.79 Å². The van der Waals surface area contributed by atoms with Crippen LogP contribution in [0.4, 0.5) is 5.69 Å². The number of hydrogen-bond acceptors (Lipinski definition) is 2. The Bertz CT molecular complexity index is 533. The Kier molecular flexibility index (Phi) is 4.23. The summed E-state index contributed by atoms with van der Waals surface area (Å²) in [7, 11) is 1.86. The summed E-state index contributed by atoms with van der Waals surface area (Å²) >= 11 is 0. The fraction of sp³-hybridized carbons (Fsp3) is 0.267. The lowest BCUT2D eigenvalue weighted by Crippen LogP contribution is -2.38. The van der Waals surface area contributed by atoms with E-state index < -0.39 is 0 Å². The molecule has 0 aliphatic rings. The first-order chi connectivity index (χ1) is 9.16. The van der Waals surface area contributed by atoms with Gasteiger partial charge in [0.1, 0.15) is 5.69 Å². The maximum atomic E-state index is 12.0. The van der Waals surface area contributed by atoms with Crippen LogP contribution in [0, 0.1) is 0 Å². The van der Waals surface area contributed by atoms with E-state index in [0.717, 1.165) is 5.69 Å². The topological polar surface area (TPSA) is 46.1 Å². The van der Waals surface area contributed by atoms with E-state index >= 15 is 0 Å². The van der Waals surface area contributed by atoms with Gasteiger partial charge in [-0.1, -0.05) is 18.2 Å². The molecular formula is C15H19N3O. The summed E-state index contributed by atoms with van der Waals surface area (Å²) in [5.41, 5.74) is 1.73. The Morgan fingerprint density at radius 1 is 1.21 bits per heavy atom. The van der Waals surface area contributed by atoms with Crippen LogP contribution in [0.5, 0.6) is 0 Å². The maximum absolute atomic E-state index is 12.0. The molecule has 0 radical (unpaired) electrons. The van der Waals surface area contributed by atoms with Crippen LogP contribution in [0.2, 0.25) is 0 Å². The molecule has 0 aliphatic heterocycles. The minimum Gasteiger partial charge on any atom is -0.383 e. The second-order valence-electron chi connectivity index (χ2n) is 4.63. The predicted octanol–water partition coefficient (Wildman–Crippen LogP) is 2.26. The molecule has 0 bridgehead atoms. The van der Waals surface area contributed by atoms with E-state index in [1.165, 1.54) is 0 Å². The summed E-state index contributed by atoms with van der Waals surface area (Å²) in [6, 6.07) is 13.7. The standard InChI is InChI=1S/C15H19N3O/c1-12(11-16-13-7-4-3-5-8-13)17-15(19)14-9-6-10-18(14)2/h3-10,12,16H,11H2,1-2H3,(H,17,19)/t12-/m1/s1. The molecule has 1 atom stereocenters. The summed E-state index contributed by atoms with van der Waals surface area (Å²) in [5, 5.41) is 6.26. The van der Waals surface area contributed by atoms with Crippen LogP contribution < -0.4 is 10.6 Å². The third-order valence-corrected chi connectivity index (χ3v) is 2.94. The van der Waals surface area contributed by atoms with E-state index in [1.807, 2.05) is 67.2 Å². The average molecular weight is 257 g/mol. The van der Waals surface area contributed by atoms with Gasteiger partial charge in [0.05, 0.1) is 0 Å². The molecule has 19 heavy (non-hydrogen) atoms. The van der Waals surface area contributed by atoms with Crippen LogP contribution in [0.1, 0.15) is 17.4 Å². The Morgan fingerprint density at radius 2 is 1.95 bits per heavy atom. The van der Waals surface area contributed by atoms with Crippen molar-refractivity contribution in [2.45, 2.75) is 13.0 Å². The van der Waals surface area contributed by atoms with Crippen molar-refractivity contribution in [3.05, 3.63) is 54.4 Å². The van der Waals surface area contributed by atoms with Gasteiger partial charge in [0.15, 0.2) is 0 Å². The summed E-state index contributed by atoms with van der Waals surface area (Å²) < 4.78 is 1.81. The fourth-order valence-corrected chi connectivity index (χ4v) is 1.87. The number of amides is 1. The molecule has 0 unspecified atom stereocenters. The number of hydrogen-bond donors (Lipinski definition) is 2. The second-order valence-corrected chi connectivity index (χ2v) is 4.63. The second kappa shape index (κ2) is 6.09. The quantitative estimate of drug-likeness (QED) is 0.863. The Labute approximate surface area is 113 Å². The molecule has 2 aromatic rings. The van der Waals surface area contributed by atoms with Crippen molar-refractivity contribution in [2.24, 2.45) is 7.05 Å². The third-order valence-electron chi connectivity index (χ3n) is 2.94.